The zero-order chi connectivity index (χ0) is 16.4. The second kappa shape index (κ2) is 6.40. The van der Waals surface area contributed by atoms with Crippen molar-refractivity contribution in [2.75, 3.05) is 13.1 Å². The van der Waals surface area contributed by atoms with E-state index in [0.717, 1.165) is 42.9 Å². The lowest BCUT2D eigenvalue weighted by Crippen LogP contribution is -2.51. The number of carbonyl (C=O) groups excluding carboxylic acids is 1. The summed E-state index contributed by atoms with van der Waals surface area (Å²) in [6.07, 6.45) is 3.40. The van der Waals surface area contributed by atoms with E-state index in [1.54, 1.807) is 11.3 Å². The molecule has 1 amide bonds. The normalized spacial score (nSPS) is 19.2. The molecule has 4 nitrogen and oxygen atoms in total. The van der Waals surface area contributed by atoms with Gasteiger partial charge in [-0.15, -0.1) is 11.3 Å². The van der Waals surface area contributed by atoms with Crippen LogP contribution in [0.1, 0.15) is 29.7 Å². The van der Waals surface area contributed by atoms with E-state index in [1.807, 2.05) is 28.5 Å². The third-order valence-electron chi connectivity index (χ3n) is 5.02. The molecule has 0 bridgehead atoms. The monoisotopic (exact) mass is 339 g/mol. The molecular formula is C19H21N3OS. The lowest BCUT2D eigenvalue weighted by atomic mass is 9.83. The lowest BCUT2D eigenvalue weighted by Gasteiger charge is -2.39. The van der Waals surface area contributed by atoms with Crippen molar-refractivity contribution in [3.8, 4) is 0 Å². The number of nitrogens with one attached hydrogen (secondary N) is 1. The van der Waals surface area contributed by atoms with Gasteiger partial charge in [-0.2, -0.15) is 5.10 Å². The van der Waals surface area contributed by atoms with Gasteiger partial charge in [0.05, 0.1) is 17.7 Å². The molecule has 0 atom stereocenters. The van der Waals surface area contributed by atoms with Gasteiger partial charge >= 0.3 is 0 Å². The molecule has 0 unspecified atom stereocenters. The maximum absolute atomic E-state index is 12.4. The molecule has 0 radical (unpaired) electrons. The number of carbonyl (C=O) groups is 1. The van der Waals surface area contributed by atoms with Gasteiger partial charge in [0.2, 0.25) is 5.91 Å². The zero-order valence-electron chi connectivity index (χ0n) is 13.6. The molecule has 0 saturated carbocycles. The number of benzene rings is 1. The molecule has 1 N–H and O–H groups in total. The van der Waals surface area contributed by atoms with Crippen LogP contribution in [0.15, 0.2) is 52.9 Å². The standard InChI is InChI=1S/C19H21N3OS/c23-18(13-16-7-4-12-24-16)22-10-8-19(9-11-22)14-17(20-21-19)15-5-2-1-3-6-15/h1-7,12,21H,8-11,13-14H2. The Bertz CT molecular complexity index is 731. The third kappa shape index (κ3) is 3.08. The van der Waals surface area contributed by atoms with Gasteiger partial charge in [0.15, 0.2) is 0 Å². The van der Waals surface area contributed by atoms with Crippen molar-refractivity contribution in [2.24, 2.45) is 5.10 Å². The molecule has 4 rings (SSSR count). The Kier molecular flexibility index (Phi) is 4.10. The molecular weight excluding hydrogens is 318 g/mol. The fourth-order valence-electron chi connectivity index (χ4n) is 3.53. The summed E-state index contributed by atoms with van der Waals surface area (Å²) in [5, 5.41) is 6.60. The summed E-state index contributed by atoms with van der Waals surface area (Å²) < 4.78 is 0. The van der Waals surface area contributed by atoms with Gasteiger partial charge in [-0.3, -0.25) is 4.79 Å². The van der Waals surface area contributed by atoms with Crippen LogP contribution in [0.4, 0.5) is 0 Å². The highest BCUT2D eigenvalue weighted by Gasteiger charge is 2.40. The van der Waals surface area contributed by atoms with E-state index in [0.29, 0.717) is 6.42 Å². The van der Waals surface area contributed by atoms with Crippen molar-refractivity contribution in [2.45, 2.75) is 31.2 Å². The summed E-state index contributed by atoms with van der Waals surface area (Å²) in [5.74, 6) is 0.245. The number of hydrazone groups is 1. The van der Waals surface area contributed by atoms with Crippen molar-refractivity contribution in [3.63, 3.8) is 0 Å². The zero-order valence-corrected chi connectivity index (χ0v) is 14.4. The van der Waals surface area contributed by atoms with Crippen molar-refractivity contribution >= 4 is 23.0 Å². The van der Waals surface area contributed by atoms with Gasteiger partial charge in [-0.05, 0) is 29.9 Å². The maximum atomic E-state index is 12.4. The Morgan fingerprint density at radius 3 is 2.67 bits per heavy atom. The molecule has 1 aromatic heterocycles. The van der Waals surface area contributed by atoms with Crippen LogP contribution in [0, 0.1) is 0 Å². The molecule has 5 heteroatoms. The first-order valence-corrected chi connectivity index (χ1v) is 9.31. The van der Waals surface area contributed by atoms with E-state index in [9.17, 15) is 4.79 Å². The summed E-state index contributed by atoms with van der Waals surface area (Å²) >= 11 is 1.65. The number of likely N-dealkylation sites (tertiary alicyclic amines) is 1. The van der Waals surface area contributed by atoms with Gasteiger partial charge < -0.3 is 10.3 Å². The molecule has 1 aromatic carbocycles. The molecule has 0 aliphatic carbocycles. The Balaban J connectivity index is 1.34. The molecule has 2 aliphatic heterocycles. The number of piperidine rings is 1. The molecule has 2 aliphatic rings. The van der Waals surface area contributed by atoms with Crippen LogP contribution in [0.3, 0.4) is 0 Å². The highest BCUT2D eigenvalue weighted by Crippen LogP contribution is 2.31. The van der Waals surface area contributed by atoms with Crippen LogP contribution >= 0.6 is 11.3 Å². The molecule has 1 fully saturated rings. The summed E-state index contributed by atoms with van der Waals surface area (Å²) in [4.78, 5) is 15.6. The largest absolute Gasteiger partial charge is 0.342 e. The minimum absolute atomic E-state index is 0.0326. The topological polar surface area (TPSA) is 44.7 Å². The lowest BCUT2D eigenvalue weighted by molar-refractivity contribution is -0.132. The van der Waals surface area contributed by atoms with Gasteiger partial charge in [0.1, 0.15) is 0 Å². The van der Waals surface area contributed by atoms with Gasteiger partial charge in [0.25, 0.3) is 0 Å². The minimum atomic E-state index is 0.0326. The maximum Gasteiger partial charge on any atom is 0.227 e. The fraction of sp³-hybridized carbons (Fsp3) is 0.368. The number of thiophene rings is 1. The van der Waals surface area contributed by atoms with E-state index in [4.69, 9.17) is 0 Å². The van der Waals surface area contributed by atoms with E-state index in [1.165, 1.54) is 5.56 Å². The molecule has 124 valence electrons. The molecule has 3 heterocycles. The molecule has 1 spiro atoms. The van der Waals surface area contributed by atoms with E-state index >= 15 is 0 Å². The highest BCUT2D eigenvalue weighted by molar-refractivity contribution is 7.10. The van der Waals surface area contributed by atoms with Crippen LogP contribution in [0.5, 0.6) is 0 Å². The number of rotatable bonds is 3. The first-order chi connectivity index (χ1) is 11.7. The average Bonchev–Trinajstić information content (AvgIpc) is 3.27. The van der Waals surface area contributed by atoms with Crippen LogP contribution < -0.4 is 5.43 Å². The van der Waals surface area contributed by atoms with Crippen LogP contribution in [-0.2, 0) is 11.2 Å². The van der Waals surface area contributed by atoms with E-state index < -0.39 is 0 Å². The van der Waals surface area contributed by atoms with Crippen LogP contribution in [0.2, 0.25) is 0 Å². The number of amides is 1. The van der Waals surface area contributed by atoms with Gasteiger partial charge in [0, 0.05) is 24.4 Å². The summed E-state index contributed by atoms with van der Waals surface area (Å²) in [6, 6.07) is 14.4. The quantitative estimate of drug-likeness (QED) is 0.934. The second-order valence-electron chi connectivity index (χ2n) is 6.63. The number of hydrogen-bond acceptors (Lipinski definition) is 4. The predicted octanol–water partition coefficient (Wildman–Crippen LogP) is 3.05. The third-order valence-corrected chi connectivity index (χ3v) is 5.90. The molecule has 24 heavy (non-hydrogen) atoms. The van der Waals surface area contributed by atoms with Crippen LogP contribution in [-0.4, -0.2) is 35.1 Å². The Hall–Kier alpha value is -2.14. The predicted molar refractivity (Wildman–Crippen MR) is 97.3 cm³/mol. The fourth-order valence-corrected chi connectivity index (χ4v) is 4.23. The summed E-state index contributed by atoms with van der Waals surface area (Å²) in [7, 11) is 0. The van der Waals surface area contributed by atoms with E-state index in [-0.39, 0.29) is 11.4 Å². The van der Waals surface area contributed by atoms with Crippen molar-refractivity contribution in [1.29, 1.82) is 0 Å². The van der Waals surface area contributed by atoms with Gasteiger partial charge in [-0.1, -0.05) is 36.4 Å². The smallest absolute Gasteiger partial charge is 0.227 e. The number of hydrogen-bond donors (Lipinski definition) is 1. The molecule has 1 saturated heterocycles. The number of nitrogens with zero attached hydrogens (tertiary/aromatic N) is 2. The highest BCUT2D eigenvalue weighted by atomic mass is 32.1. The summed E-state index contributed by atoms with van der Waals surface area (Å²) in [5.41, 5.74) is 5.74. The second-order valence-corrected chi connectivity index (χ2v) is 7.66. The van der Waals surface area contributed by atoms with Crippen molar-refractivity contribution in [3.05, 3.63) is 58.3 Å². The van der Waals surface area contributed by atoms with Crippen LogP contribution in [0.25, 0.3) is 0 Å². The first-order valence-electron chi connectivity index (χ1n) is 8.43. The SMILES string of the molecule is O=C(Cc1cccs1)N1CCC2(CC1)CC(c1ccccc1)=NN2. The Morgan fingerprint density at radius 1 is 1.17 bits per heavy atom. The van der Waals surface area contributed by atoms with Crippen molar-refractivity contribution in [1.82, 2.24) is 10.3 Å². The molecule has 2 aromatic rings. The average molecular weight is 339 g/mol. The van der Waals surface area contributed by atoms with Gasteiger partial charge in [-0.25, -0.2) is 0 Å². The Morgan fingerprint density at radius 2 is 1.96 bits per heavy atom. The summed E-state index contributed by atoms with van der Waals surface area (Å²) in [6.45, 7) is 1.63. The Labute approximate surface area is 146 Å². The first kappa shape index (κ1) is 15.4. The van der Waals surface area contributed by atoms with E-state index in [2.05, 4.69) is 34.8 Å². The minimum Gasteiger partial charge on any atom is -0.342 e. The van der Waals surface area contributed by atoms with Crippen molar-refractivity contribution < 1.29 is 4.79 Å².